The van der Waals surface area contributed by atoms with Gasteiger partial charge in [0.2, 0.25) is 0 Å². The third kappa shape index (κ3) is 3.57. The third-order valence-electron chi connectivity index (χ3n) is 3.28. The minimum atomic E-state index is -0.125. The Morgan fingerprint density at radius 3 is 2.32 bits per heavy atom. The van der Waals surface area contributed by atoms with E-state index in [1.54, 1.807) is 6.07 Å². The molecule has 2 rings (SSSR count). The molecule has 0 fully saturated rings. The third-order valence-corrected chi connectivity index (χ3v) is 3.28. The topological polar surface area (TPSA) is 12.0 Å². The average molecular weight is 257 g/mol. The highest BCUT2D eigenvalue weighted by molar-refractivity contribution is 5.51. The van der Waals surface area contributed by atoms with Gasteiger partial charge in [0.05, 0.1) is 0 Å². The predicted molar refractivity (Wildman–Crippen MR) is 79.0 cm³/mol. The second-order valence-electron chi connectivity index (χ2n) is 4.85. The van der Waals surface area contributed by atoms with E-state index < -0.39 is 0 Å². The van der Waals surface area contributed by atoms with Gasteiger partial charge in [-0.15, -0.1) is 0 Å². The molecule has 2 aromatic carbocycles. The molecule has 1 atom stereocenters. The zero-order valence-electron chi connectivity index (χ0n) is 11.5. The van der Waals surface area contributed by atoms with Crippen molar-refractivity contribution in [3.63, 3.8) is 0 Å². The Labute approximate surface area is 114 Å². The van der Waals surface area contributed by atoms with Gasteiger partial charge in [-0.2, -0.15) is 0 Å². The lowest BCUT2D eigenvalue weighted by molar-refractivity contribution is 0.601. The number of rotatable bonds is 5. The quantitative estimate of drug-likeness (QED) is 0.835. The molecule has 0 radical (unpaired) electrons. The fourth-order valence-electron chi connectivity index (χ4n) is 2.28. The average Bonchev–Trinajstić information content (AvgIpc) is 2.42. The Bertz CT molecular complexity index is 536. The van der Waals surface area contributed by atoms with Crippen molar-refractivity contribution < 1.29 is 4.39 Å². The van der Waals surface area contributed by atoms with E-state index in [4.69, 9.17) is 0 Å². The van der Waals surface area contributed by atoms with Crippen molar-refractivity contribution >= 4 is 5.69 Å². The molecule has 0 spiro atoms. The highest BCUT2D eigenvalue weighted by atomic mass is 19.1. The van der Waals surface area contributed by atoms with Gasteiger partial charge >= 0.3 is 0 Å². The maximum Gasteiger partial charge on any atom is 0.126 e. The van der Waals surface area contributed by atoms with Crippen LogP contribution in [0.5, 0.6) is 0 Å². The highest BCUT2D eigenvalue weighted by Crippen LogP contribution is 2.18. The number of hydrogen-bond donors (Lipinski definition) is 1. The smallest absolute Gasteiger partial charge is 0.126 e. The first kappa shape index (κ1) is 13.6. The van der Waals surface area contributed by atoms with Crippen molar-refractivity contribution in [3.8, 4) is 0 Å². The molecule has 0 aliphatic carbocycles. The number of halogens is 1. The Balaban J connectivity index is 2.05. The number of benzene rings is 2. The van der Waals surface area contributed by atoms with Crippen LogP contribution in [0.4, 0.5) is 10.1 Å². The van der Waals surface area contributed by atoms with Gasteiger partial charge in [-0.3, -0.25) is 0 Å². The van der Waals surface area contributed by atoms with Gasteiger partial charge in [0, 0.05) is 11.7 Å². The summed E-state index contributed by atoms with van der Waals surface area (Å²) >= 11 is 0. The molecule has 0 saturated carbocycles. The summed E-state index contributed by atoms with van der Waals surface area (Å²) in [5.41, 5.74) is 3.20. The summed E-state index contributed by atoms with van der Waals surface area (Å²) in [6.07, 6.45) is 1.68. The van der Waals surface area contributed by atoms with E-state index in [2.05, 4.69) is 31.3 Å². The highest BCUT2D eigenvalue weighted by Gasteiger charge is 2.08. The van der Waals surface area contributed by atoms with Crippen LogP contribution in [-0.2, 0) is 12.8 Å². The minimum absolute atomic E-state index is 0.125. The van der Waals surface area contributed by atoms with E-state index in [9.17, 15) is 4.39 Å². The normalized spacial score (nSPS) is 12.2. The van der Waals surface area contributed by atoms with E-state index in [1.165, 1.54) is 11.6 Å². The van der Waals surface area contributed by atoms with Crippen LogP contribution in [0, 0.1) is 5.82 Å². The van der Waals surface area contributed by atoms with Crippen molar-refractivity contribution in [2.75, 3.05) is 5.32 Å². The zero-order valence-corrected chi connectivity index (χ0v) is 11.5. The van der Waals surface area contributed by atoms with Crippen molar-refractivity contribution in [2.45, 2.75) is 32.7 Å². The van der Waals surface area contributed by atoms with Gasteiger partial charge in [-0.05, 0) is 43.0 Å². The summed E-state index contributed by atoms with van der Waals surface area (Å²) in [5.74, 6) is -0.125. The first-order chi connectivity index (χ1) is 9.20. The Morgan fingerprint density at radius 1 is 1.00 bits per heavy atom. The second-order valence-corrected chi connectivity index (χ2v) is 4.85. The SMILES string of the molecule is CCc1ccccc1NC(C)Cc1ccccc1F. The molecule has 2 aromatic rings. The summed E-state index contributed by atoms with van der Waals surface area (Å²) in [5, 5.41) is 3.47. The second kappa shape index (κ2) is 6.37. The van der Waals surface area contributed by atoms with Crippen LogP contribution in [0.1, 0.15) is 25.0 Å². The maximum atomic E-state index is 13.6. The summed E-state index contributed by atoms with van der Waals surface area (Å²) in [7, 11) is 0. The van der Waals surface area contributed by atoms with Gasteiger partial charge in [-0.25, -0.2) is 4.39 Å². The first-order valence-electron chi connectivity index (χ1n) is 6.78. The number of aryl methyl sites for hydroxylation is 1. The van der Waals surface area contributed by atoms with E-state index in [1.807, 2.05) is 24.3 Å². The molecule has 0 bridgehead atoms. The molecule has 100 valence electrons. The van der Waals surface area contributed by atoms with Gasteiger partial charge in [0.15, 0.2) is 0 Å². The molecule has 1 N–H and O–H groups in total. The Hall–Kier alpha value is -1.83. The number of nitrogens with one attached hydrogen (secondary N) is 1. The molecule has 1 nitrogen and oxygen atoms in total. The number of para-hydroxylation sites is 1. The van der Waals surface area contributed by atoms with Gasteiger partial charge < -0.3 is 5.32 Å². The molecule has 19 heavy (non-hydrogen) atoms. The van der Waals surface area contributed by atoms with Crippen molar-refractivity contribution in [1.82, 2.24) is 0 Å². The molecule has 0 aliphatic rings. The van der Waals surface area contributed by atoms with Crippen LogP contribution in [0.2, 0.25) is 0 Å². The molecule has 0 aromatic heterocycles. The predicted octanol–water partition coefficient (Wildman–Crippen LogP) is 4.43. The molecule has 0 saturated heterocycles. The van der Waals surface area contributed by atoms with Crippen molar-refractivity contribution in [2.24, 2.45) is 0 Å². The lowest BCUT2D eigenvalue weighted by Crippen LogP contribution is -2.19. The molecule has 0 aliphatic heterocycles. The number of anilines is 1. The maximum absolute atomic E-state index is 13.6. The molecular weight excluding hydrogens is 237 g/mol. The fourth-order valence-corrected chi connectivity index (χ4v) is 2.28. The Kier molecular flexibility index (Phi) is 4.56. The van der Waals surface area contributed by atoms with Gasteiger partial charge in [0.25, 0.3) is 0 Å². The zero-order chi connectivity index (χ0) is 13.7. The monoisotopic (exact) mass is 257 g/mol. The van der Waals surface area contributed by atoms with Crippen LogP contribution in [-0.4, -0.2) is 6.04 Å². The summed E-state index contributed by atoms with van der Waals surface area (Å²) in [4.78, 5) is 0. The molecule has 2 heteroatoms. The van der Waals surface area contributed by atoms with Crippen LogP contribution in [0.3, 0.4) is 0 Å². The summed E-state index contributed by atoms with van der Waals surface area (Å²) in [6, 6.07) is 15.4. The summed E-state index contributed by atoms with van der Waals surface area (Å²) in [6.45, 7) is 4.22. The van der Waals surface area contributed by atoms with Gasteiger partial charge in [0.1, 0.15) is 5.82 Å². The number of hydrogen-bond acceptors (Lipinski definition) is 1. The fraction of sp³-hybridized carbons (Fsp3) is 0.294. The van der Waals surface area contributed by atoms with E-state index in [-0.39, 0.29) is 11.9 Å². The Morgan fingerprint density at radius 2 is 1.63 bits per heavy atom. The van der Waals surface area contributed by atoms with Crippen LogP contribution in [0.15, 0.2) is 48.5 Å². The molecule has 1 unspecified atom stereocenters. The van der Waals surface area contributed by atoms with E-state index >= 15 is 0 Å². The molecule has 0 amide bonds. The lowest BCUT2D eigenvalue weighted by Gasteiger charge is -2.18. The van der Waals surface area contributed by atoms with Gasteiger partial charge in [-0.1, -0.05) is 43.3 Å². The van der Waals surface area contributed by atoms with Crippen LogP contribution >= 0.6 is 0 Å². The van der Waals surface area contributed by atoms with E-state index in [0.29, 0.717) is 6.42 Å². The summed E-state index contributed by atoms with van der Waals surface area (Å²) < 4.78 is 13.6. The van der Waals surface area contributed by atoms with E-state index in [0.717, 1.165) is 17.7 Å². The van der Waals surface area contributed by atoms with Crippen molar-refractivity contribution in [3.05, 3.63) is 65.5 Å². The standard InChI is InChI=1S/C17H20FN/c1-3-14-8-5-7-11-17(14)19-13(2)12-15-9-4-6-10-16(15)18/h4-11,13,19H,3,12H2,1-2H3. The van der Waals surface area contributed by atoms with Crippen molar-refractivity contribution in [1.29, 1.82) is 0 Å². The van der Waals surface area contributed by atoms with Crippen LogP contribution < -0.4 is 5.32 Å². The van der Waals surface area contributed by atoms with Crippen LogP contribution in [0.25, 0.3) is 0 Å². The first-order valence-corrected chi connectivity index (χ1v) is 6.78. The largest absolute Gasteiger partial charge is 0.382 e. The minimum Gasteiger partial charge on any atom is -0.382 e. The molecular formula is C17H20FN. The lowest BCUT2D eigenvalue weighted by atomic mass is 10.0. The molecule has 0 heterocycles.